The summed E-state index contributed by atoms with van der Waals surface area (Å²) in [5, 5.41) is 6.60. The molecular weight excluding hydrogens is 353 g/mol. The fraction of sp³-hybridized carbons (Fsp3) is 0.929. The maximum atomic E-state index is 5.54. The zero-order chi connectivity index (χ0) is 13.8. The lowest BCUT2D eigenvalue weighted by Crippen LogP contribution is -2.42. The molecule has 0 saturated carbocycles. The maximum absolute atomic E-state index is 5.54. The number of hydrogen-bond donors (Lipinski definition) is 2. The third-order valence-electron chi connectivity index (χ3n) is 2.68. The highest BCUT2D eigenvalue weighted by Crippen LogP contribution is 1.98. The Morgan fingerprint density at radius 3 is 2.37 bits per heavy atom. The lowest BCUT2D eigenvalue weighted by Gasteiger charge is -2.16. The Labute approximate surface area is 136 Å². The Kier molecular flexibility index (Phi) is 16.1. The standard InChI is InChI=1S/C14H31N3O.HI/c1-6-13(5)17-14(15-7-2)16-9-11-18-10-8-12(3)4;/h12-13H,6-11H2,1-5H3,(H2,15,16,17);1H. The van der Waals surface area contributed by atoms with Crippen LogP contribution < -0.4 is 10.6 Å². The largest absolute Gasteiger partial charge is 0.380 e. The second kappa shape index (κ2) is 14.4. The molecule has 0 aliphatic rings. The number of nitrogens with zero attached hydrogens (tertiary/aromatic N) is 1. The first-order valence-corrected chi connectivity index (χ1v) is 7.22. The second-order valence-electron chi connectivity index (χ2n) is 5.01. The van der Waals surface area contributed by atoms with E-state index in [1.54, 1.807) is 0 Å². The van der Waals surface area contributed by atoms with E-state index in [1.165, 1.54) is 0 Å². The molecule has 19 heavy (non-hydrogen) atoms. The van der Waals surface area contributed by atoms with Crippen LogP contribution in [0.15, 0.2) is 4.99 Å². The molecule has 1 atom stereocenters. The maximum Gasteiger partial charge on any atom is 0.191 e. The van der Waals surface area contributed by atoms with E-state index in [2.05, 4.69) is 50.2 Å². The predicted molar refractivity (Wildman–Crippen MR) is 94.6 cm³/mol. The fourth-order valence-electron chi connectivity index (χ4n) is 1.30. The highest BCUT2D eigenvalue weighted by atomic mass is 127. The van der Waals surface area contributed by atoms with E-state index in [0.717, 1.165) is 32.0 Å². The topological polar surface area (TPSA) is 45.7 Å². The van der Waals surface area contributed by atoms with Gasteiger partial charge in [-0.2, -0.15) is 0 Å². The fourth-order valence-corrected chi connectivity index (χ4v) is 1.30. The molecule has 116 valence electrons. The van der Waals surface area contributed by atoms with Gasteiger partial charge in [0.25, 0.3) is 0 Å². The van der Waals surface area contributed by atoms with E-state index in [0.29, 0.717) is 25.1 Å². The highest BCUT2D eigenvalue weighted by molar-refractivity contribution is 14.0. The minimum absolute atomic E-state index is 0. The summed E-state index contributed by atoms with van der Waals surface area (Å²) < 4.78 is 5.54. The predicted octanol–water partition coefficient (Wildman–Crippen LogP) is 3.02. The number of nitrogens with one attached hydrogen (secondary N) is 2. The summed E-state index contributed by atoms with van der Waals surface area (Å²) >= 11 is 0. The Morgan fingerprint density at radius 2 is 1.84 bits per heavy atom. The summed E-state index contributed by atoms with van der Waals surface area (Å²) in [5.74, 6) is 1.59. The molecule has 2 N–H and O–H groups in total. The van der Waals surface area contributed by atoms with Gasteiger partial charge in [0.05, 0.1) is 13.2 Å². The van der Waals surface area contributed by atoms with E-state index in [-0.39, 0.29) is 24.0 Å². The lowest BCUT2D eigenvalue weighted by molar-refractivity contribution is 0.130. The Bertz CT molecular complexity index is 223. The van der Waals surface area contributed by atoms with Crippen LogP contribution in [0, 0.1) is 5.92 Å². The van der Waals surface area contributed by atoms with Crippen molar-refractivity contribution in [2.45, 2.75) is 53.5 Å². The van der Waals surface area contributed by atoms with Crippen molar-refractivity contribution in [3.05, 3.63) is 0 Å². The van der Waals surface area contributed by atoms with Crippen molar-refractivity contribution in [3.63, 3.8) is 0 Å². The van der Waals surface area contributed by atoms with E-state index >= 15 is 0 Å². The SMILES string of the molecule is CCNC(=NCCOCCC(C)C)NC(C)CC.I. The molecule has 0 amide bonds. The van der Waals surface area contributed by atoms with Crippen molar-refractivity contribution in [2.75, 3.05) is 26.3 Å². The normalized spacial score (nSPS) is 13.1. The van der Waals surface area contributed by atoms with Crippen molar-refractivity contribution >= 4 is 29.9 Å². The van der Waals surface area contributed by atoms with Gasteiger partial charge in [-0.15, -0.1) is 24.0 Å². The van der Waals surface area contributed by atoms with Crippen LogP contribution in [0.2, 0.25) is 0 Å². The highest BCUT2D eigenvalue weighted by Gasteiger charge is 2.01. The average molecular weight is 385 g/mol. The van der Waals surface area contributed by atoms with Crippen LogP contribution in [0.5, 0.6) is 0 Å². The van der Waals surface area contributed by atoms with E-state index in [9.17, 15) is 0 Å². The van der Waals surface area contributed by atoms with Crippen LogP contribution in [0.4, 0.5) is 0 Å². The van der Waals surface area contributed by atoms with Crippen molar-refractivity contribution in [1.82, 2.24) is 10.6 Å². The van der Waals surface area contributed by atoms with Crippen LogP contribution in [-0.2, 0) is 4.74 Å². The van der Waals surface area contributed by atoms with Gasteiger partial charge in [-0.3, -0.25) is 4.99 Å². The van der Waals surface area contributed by atoms with Crippen molar-refractivity contribution in [3.8, 4) is 0 Å². The third kappa shape index (κ3) is 14.2. The molecule has 0 spiro atoms. The van der Waals surface area contributed by atoms with Gasteiger partial charge < -0.3 is 15.4 Å². The van der Waals surface area contributed by atoms with Crippen molar-refractivity contribution in [2.24, 2.45) is 10.9 Å². The quantitative estimate of drug-likeness (QED) is 0.278. The number of halogens is 1. The van der Waals surface area contributed by atoms with Gasteiger partial charge in [-0.05, 0) is 32.6 Å². The number of rotatable bonds is 9. The Balaban J connectivity index is 0. The summed E-state index contributed by atoms with van der Waals surface area (Å²) in [5.41, 5.74) is 0. The molecule has 0 radical (unpaired) electrons. The first-order chi connectivity index (χ1) is 8.60. The van der Waals surface area contributed by atoms with Crippen LogP contribution in [0.25, 0.3) is 0 Å². The molecule has 0 aromatic carbocycles. The van der Waals surface area contributed by atoms with Crippen LogP contribution in [0.1, 0.15) is 47.5 Å². The van der Waals surface area contributed by atoms with E-state index < -0.39 is 0 Å². The summed E-state index contributed by atoms with van der Waals surface area (Å²) in [6.07, 6.45) is 2.21. The molecule has 0 rings (SSSR count). The number of guanidine groups is 1. The lowest BCUT2D eigenvalue weighted by atomic mass is 10.1. The summed E-state index contributed by atoms with van der Waals surface area (Å²) in [6, 6.07) is 0.449. The first kappa shape index (κ1) is 21.3. The minimum atomic E-state index is 0. The van der Waals surface area contributed by atoms with Gasteiger partial charge in [-0.1, -0.05) is 20.8 Å². The molecule has 0 aromatic rings. The first-order valence-electron chi connectivity index (χ1n) is 7.22. The summed E-state index contributed by atoms with van der Waals surface area (Å²) in [7, 11) is 0. The Hall–Kier alpha value is -0.0400. The molecule has 0 saturated heterocycles. The molecule has 0 aliphatic heterocycles. The minimum Gasteiger partial charge on any atom is -0.380 e. The third-order valence-corrected chi connectivity index (χ3v) is 2.68. The van der Waals surface area contributed by atoms with Gasteiger partial charge >= 0.3 is 0 Å². The van der Waals surface area contributed by atoms with Gasteiger partial charge in [0.15, 0.2) is 5.96 Å². The Morgan fingerprint density at radius 1 is 1.16 bits per heavy atom. The summed E-state index contributed by atoms with van der Waals surface area (Å²) in [4.78, 5) is 4.49. The van der Waals surface area contributed by atoms with Crippen LogP contribution in [-0.4, -0.2) is 38.3 Å². The average Bonchev–Trinajstić information content (AvgIpc) is 2.33. The molecular formula is C14H32IN3O. The second-order valence-corrected chi connectivity index (χ2v) is 5.01. The number of aliphatic imine (C=N–C) groups is 1. The molecule has 0 bridgehead atoms. The van der Waals surface area contributed by atoms with Crippen molar-refractivity contribution in [1.29, 1.82) is 0 Å². The zero-order valence-electron chi connectivity index (χ0n) is 13.2. The summed E-state index contributed by atoms with van der Waals surface area (Å²) in [6.45, 7) is 13.9. The van der Waals surface area contributed by atoms with E-state index in [1.807, 2.05) is 0 Å². The molecule has 0 aliphatic carbocycles. The van der Waals surface area contributed by atoms with Gasteiger partial charge in [0.1, 0.15) is 0 Å². The molecule has 0 heterocycles. The van der Waals surface area contributed by atoms with Gasteiger partial charge in [0, 0.05) is 19.2 Å². The smallest absolute Gasteiger partial charge is 0.191 e. The van der Waals surface area contributed by atoms with Gasteiger partial charge in [-0.25, -0.2) is 0 Å². The molecule has 0 fully saturated rings. The van der Waals surface area contributed by atoms with Gasteiger partial charge in [0.2, 0.25) is 0 Å². The van der Waals surface area contributed by atoms with Crippen molar-refractivity contribution < 1.29 is 4.74 Å². The van der Waals surface area contributed by atoms with Crippen LogP contribution in [0.3, 0.4) is 0 Å². The molecule has 0 aromatic heterocycles. The molecule has 1 unspecified atom stereocenters. The molecule has 5 heteroatoms. The van der Waals surface area contributed by atoms with Crippen LogP contribution >= 0.6 is 24.0 Å². The number of hydrogen-bond acceptors (Lipinski definition) is 2. The monoisotopic (exact) mass is 385 g/mol. The van der Waals surface area contributed by atoms with E-state index in [4.69, 9.17) is 4.74 Å². The zero-order valence-corrected chi connectivity index (χ0v) is 15.5. The number of ether oxygens (including phenoxy) is 1. The molecule has 4 nitrogen and oxygen atoms in total.